The number of carbonyl (C=O) groups is 1. The maximum absolute atomic E-state index is 12.4. The van der Waals surface area contributed by atoms with Crippen LogP contribution in [-0.4, -0.2) is 60.8 Å². The summed E-state index contributed by atoms with van der Waals surface area (Å²) in [5, 5.41) is 4.80. The number of para-hydroxylation sites is 1. The van der Waals surface area contributed by atoms with Crippen LogP contribution in [0.4, 0.5) is 5.13 Å². The number of thiazole rings is 1. The summed E-state index contributed by atoms with van der Waals surface area (Å²) in [6.07, 6.45) is 0. The topological polar surface area (TPSA) is 48.5 Å². The van der Waals surface area contributed by atoms with Crippen molar-refractivity contribution in [3.05, 3.63) is 53.1 Å². The fraction of sp³-hybridized carbons (Fsp3) is 0.364. The number of thioether (sulfide) groups is 1. The molecule has 1 N–H and O–H groups in total. The predicted molar refractivity (Wildman–Crippen MR) is 128 cm³/mol. The maximum atomic E-state index is 12.4. The molecule has 0 unspecified atom stereocenters. The first-order valence-corrected chi connectivity index (χ1v) is 12.4. The molecular formula is C22H25ClN4OS2. The van der Waals surface area contributed by atoms with Crippen LogP contribution in [0.25, 0.3) is 10.2 Å². The Balaban J connectivity index is 1.24. The largest absolute Gasteiger partial charge is 0.351 e. The van der Waals surface area contributed by atoms with Crippen molar-refractivity contribution < 1.29 is 4.79 Å². The van der Waals surface area contributed by atoms with Gasteiger partial charge in [0.15, 0.2) is 5.13 Å². The molecule has 0 radical (unpaired) electrons. The second-order valence-electron chi connectivity index (χ2n) is 7.13. The minimum Gasteiger partial charge on any atom is -0.351 e. The van der Waals surface area contributed by atoms with Gasteiger partial charge in [-0.15, -0.1) is 11.8 Å². The number of benzene rings is 2. The van der Waals surface area contributed by atoms with E-state index in [1.165, 1.54) is 0 Å². The third-order valence-corrected chi connectivity index (χ3v) is 7.38. The van der Waals surface area contributed by atoms with E-state index in [-0.39, 0.29) is 5.91 Å². The van der Waals surface area contributed by atoms with Gasteiger partial charge in [0.05, 0.1) is 9.72 Å². The normalized spacial score (nSPS) is 14.9. The molecule has 0 bridgehead atoms. The number of halogens is 1. The van der Waals surface area contributed by atoms with Crippen molar-refractivity contribution in [2.45, 2.75) is 11.8 Å². The highest BCUT2D eigenvalue weighted by Gasteiger charge is 2.20. The summed E-state index contributed by atoms with van der Waals surface area (Å²) in [4.78, 5) is 23.0. The van der Waals surface area contributed by atoms with Gasteiger partial charge in [0, 0.05) is 49.7 Å². The molecule has 4 rings (SSSR count). The maximum Gasteiger partial charge on any atom is 0.251 e. The van der Waals surface area contributed by atoms with E-state index in [2.05, 4.69) is 28.1 Å². The van der Waals surface area contributed by atoms with Crippen molar-refractivity contribution in [1.29, 1.82) is 0 Å². The number of aromatic nitrogens is 1. The van der Waals surface area contributed by atoms with E-state index >= 15 is 0 Å². The zero-order valence-corrected chi connectivity index (χ0v) is 19.3. The van der Waals surface area contributed by atoms with Crippen molar-refractivity contribution in [3.8, 4) is 0 Å². The number of rotatable bonds is 7. The second kappa shape index (κ2) is 10.0. The van der Waals surface area contributed by atoms with Gasteiger partial charge in [-0.2, -0.15) is 0 Å². The summed E-state index contributed by atoms with van der Waals surface area (Å²) in [5.41, 5.74) is 1.62. The molecule has 3 aromatic rings. The molecule has 1 saturated heterocycles. The molecule has 158 valence electrons. The number of amides is 1. The number of hydrogen-bond acceptors (Lipinski definition) is 6. The molecule has 1 aliphatic heterocycles. The Morgan fingerprint density at radius 3 is 2.77 bits per heavy atom. The Bertz CT molecular complexity index is 1020. The Morgan fingerprint density at radius 1 is 1.20 bits per heavy atom. The second-order valence-corrected chi connectivity index (χ2v) is 9.88. The third kappa shape index (κ3) is 5.09. The minimum atomic E-state index is -0.00135. The molecule has 0 atom stereocenters. The van der Waals surface area contributed by atoms with Gasteiger partial charge in [-0.25, -0.2) is 4.98 Å². The molecule has 2 aromatic carbocycles. The van der Waals surface area contributed by atoms with E-state index in [0.717, 1.165) is 64.3 Å². The van der Waals surface area contributed by atoms with Crippen molar-refractivity contribution in [2.75, 3.05) is 49.9 Å². The Hall–Kier alpha value is -1.80. The first-order chi connectivity index (χ1) is 14.6. The zero-order chi connectivity index (χ0) is 20.9. The van der Waals surface area contributed by atoms with Crippen molar-refractivity contribution >= 4 is 56.0 Å². The quantitative estimate of drug-likeness (QED) is 0.521. The Kier molecular flexibility index (Phi) is 7.15. The molecule has 1 amide bonds. The molecule has 2 heterocycles. The van der Waals surface area contributed by atoms with Gasteiger partial charge in [-0.1, -0.05) is 42.0 Å². The molecular weight excluding hydrogens is 436 g/mol. The van der Waals surface area contributed by atoms with Crippen LogP contribution in [-0.2, 0) is 0 Å². The fourth-order valence-electron chi connectivity index (χ4n) is 3.52. The van der Waals surface area contributed by atoms with E-state index in [1.807, 2.05) is 36.4 Å². The van der Waals surface area contributed by atoms with Gasteiger partial charge in [-0.3, -0.25) is 9.69 Å². The van der Waals surface area contributed by atoms with Crippen LogP contribution in [0.15, 0.2) is 47.4 Å². The number of hydrogen-bond donors (Lipinski definition) is 1. The van der Waals surface area contributed by atoms with Crippen LogP contribution in [0.2, 0.25) is 5.02 Å². The van der Waals surface area contributed by atoms with Crippen LogP contribution >= 0.6 is 34.7 Å². The molecule has 1 fully saturated rings. The predicted octanol–water partition coefficient (Wildman–Crippen LogP) is 4.61. The lowest BCUT2D eigenvalue weighted by atomic mass is 10.2. The number of carbonyl (C=O) groups excluding carboxylic acids is 1. The number of nitrogens with zero attached hydrogens (tertiary/aromatic N) is 3. The number of anilines is 1. The van der Waals surface area contributed by atoms with Gasteiger partial charge in [0.25, 0.3) is 5.91 Å². The molecule has 30 heavy (non-hydrogen) atoms. The van der Waals surface area contributed by atoms with E-state index in [1.54, 1.807) is 23.1 Å². The van der Waals surface area contributed by atoms with E-state index in [0.29, 0.717) is 11.6 Å². The number of nitrogens with one attached hydrogen (secondary N) is 1. The molecule has 0 aliphatic carbocycles. The summed E-state index contributed by atoms with van der Waals surface area (Å²) in [7, 11) is 0. The van der Waals surface area contributed by atoms with E-state index in [9.17, 15) is 4.79 Å². The summed E-state index contributed by atoms with van der Waals surface area (Å²) in [5.74, 6) is 1.000. The van der Waals surface area contributed by atoms with Crippen LogP contribution in [0, 0.1) is 0 Å². The lowest BCUT2D eigenvalue weighted by molar-refractivity contribution is 0.0947. The van der Waals surface area contributed by atoms with Gasteiger partial charge in [0.2, 0.25) is 0 Å². The highest BCUT2D eigenvalue weighted by atomic mass is 35.5. The third-order valence-electron chi connectivity index (χ3n) is 5.12. The monoisotopic (exact) mass is 460 g/mol. The van der Waals surface area contributed by atoms with E-state index in [4.69, 9.17) is 16.6 Å². The smallest absolute Gasteiger partial charge is 0.251 e. The zero-order valence-electron chi connectivity index (χ0n) is 16.9. The summed E-state index contributed by atoms with van der Waals surface area (Å²) >= 11 is 9.71. The first kappa shape index (κ1) is 21.4. The van der Waals surface area contributed by atoms with Crippen molar-refractivity contribution in [3.63, 3.8) is 0 Å². The molecule has 0 saturated carbocycles. The van der Waals surface area contributed by atoms with Crippen LogP contribution < -0.4 is 10.2 Å². The molecule has 5 nitrogen and oxygen atoms in total. The number of fused-ring (bicyclic) bond motifs is 1. The standard InChI is InChI=1S/C22H25ClN4OS2/c1-2-29-17-6-3-5-16(15-17)21(28)24-9-10-26-11-13-27(14-12-26)22-25-20-18(23)7-4-8-19(20)30-22/h3-8,15H,2,9-14H2,1H3,(H,24,28). The van der Waals surface area contributed by atoms with Gasteiger partial charge in [0.1, 0.15) is 5.52 Å². The van der Waals surface area contributed by atoms with Crippen LogP contribution in [0.3, 0.4) is 0 Å². The number of piperazine rings is 1. The molecule has 1 aromatic heterocycles. The summed E-state index contributed by atoms with van der Waals surface area (Å²) in [6, 6.07) is 13.8. The Morgan fingerprint density at radius 2 is 2.00 bits per heavy atom. The average Bonchev–Trinajstić information content (AvgIpc) is 3.20. The van der Waals surface area contributed by atoms with Crippen LogP contribution in [0.1, 0.15) is 17.3 Å². The fourth-order valence-corrected chi connectivity index (χ4v) is 5.56. The lowest BCUT2D eigenvalue weighted by Crippen LogP contribution is -2.48. The highest BCUT2D eigenvalue weighted by Crippen LogP contribution is 2.33. The highest BCUT2D eigenvalue weighted by molar-refractivity contribution is 7.99. The molecule has 0 spiro atoms. The Labute approximate surface area is 190 Å². The minimum absolute atomic E-state index is 0.00135. The molecule has 8 heteroatoms. The summed E-state index contributed by atoms with van der Waals surface area (Å²) < 4.78 is 1.13. The van der Waals surface area contributed by atoms with Crippen molar-refractivity contribution in [1.82, 2.24) is 15.2 Å². The van der Waals surface area contributed by atoms with E-state index < -0.39 is 0 Å². The average molecular weight is 461 g/mol. The van der Waals surface area contributed by atoms with Gasteiger partial charge in [-0.05, 0) is 36.1 Å². The SMILES string of the molecule is CCSc1cccc(C(=O)NCCN2CCN(c3nc4c(Cl)cccc4s3)CC2)c1. The molecule has 1 aliphatic rings. The first-order valence-electron chi connectivity index (χ1n) is 10.2. The van der Waals surface area contributed by atoms with Crippen LogP contribution in [0.5, 0.6) is 0 Å². The lowest BCUT2D eigenvalue weighted by Gasteiger charge is -2.34. The van der Waals surface area contributed by atoms with Gasteiger partial charge < -0.3 is 10.2 Å². The van der Waals surface area contributed by atoms with Gasteiger partial charge >= 0.3 is 0 Å². The summed E-state index contributed by atoms with van der Waals surface area (Å²) in [6.45, 7) is 7.41. The van der Waals surface area contributed by atoms with Crippen molar-refractivity contribution in [2.24, 2.45) is 0 Å².